The van der Waals surface area contributed by atoms with Crippen LogP contribution in [0.5, 0.6) is 0 Å². The zero-order valence-corrected chi connectivity index (χ0v) is 13.5. The fraction of sp³-hybridized carbons (Fsp3) is 0.647. The van der Waals surface area contributed by atoms with Gasteiger partial charge in [0, 0.05) is 24.3 Å². The highest BCUT2D eigenvalue weighted by atomic mass is 19.1. The van der Waals surface area contributed by atoms with Crippen LogP contribution in [0.2, 0.25) is 0 Å². The monoisotopic (exact) mass is 296 g/mol. The van der Waals surface area contributed by atoms with Crippen LogP contribution in [0.25, 0.3) is 0 Å². The molecule has 1 atom stereocenters. The Morgan fingerprint density at radius 1 is 1.24 bits per heavy atom. The summed E-state index contributed by atoms with van der Waals surface area (Å²) in [5.41, 5.74) is 0.837. The van der Waals surface area contributed by atoms with Crippen LogP contribution in [-0.2, 0) is 0 Å². The Bertz CT molecular complexity index is 396. The molecule has 0 saturated carbocycles. The van der Waals surface area contributed by atoms with Crippen LogP contribution >= 0.6 is 0 Å². The molecule has 0 aliphatic heterocycles. The third kappa shape index (κ3) is 6.02. The fourth-order valence-electron chi connectivity index (χ4n) is 2.43. The Hall–Kier alpha value is -1.13. The van der Waals surface area contributed by atoms with Crippen molar-refractivity contribution in [2.45, 2.75) is 45.6 Å². The van der Waals surface area contributed by atoms with Gasteiger partial charge in [-0.25, -0.2) is 4.39 Å². The first-order valence-corrected chi connectivity index (χ1v) is 7.91. The van der Waals surface area contributed by atoms with E-state index in [2.05, 4.69) is 31.0 Å². The van der Waals surface area contributed by atoms with Crippen LogP contribution in [0.4, 0.5) is 10.1 Å². The second-order valence-corrected chi connectivity index (χ2v) is 5.81. The van der Waals surface area contributed by atoms with E-state index in [4.69, 9.17) is 0 Å². The minimum Gasteiger partial charge on any atom is -0.394 e. The van der Waals surface area contributed by atoms with Crippen LogP contribution in [0.1, 0.15) is 40.0 Å². The molecule has 1 aromatic carbocycles. The molecule has 3 nitrogen and oxygen atoms in total. The Morgan fingerprint density at radius 2 is 1.90 bits per heavy atom. The van der Waals surface area contributed by atoms with E-state index >= 15 is 0 Å². The molecular weight excluding hydrogens is 267 g/mol. The fourth-order valence-corrected chi connectivity index (χ4v) is 2.43. The molecule has 0 aromatic heterocycles. The number of nitrogens with one attached hydrogen (secondary N) is 1. The van der Waals surface area contributed by atoms with Crippen molar-refractivity contribution in [3.8, 4) is 0 Å². The Balaban J connectivity index is 2.49. The summed E-state index contributed by atoms with van der Waals surface area (Å²) in [6.07, 6.45) is 2.96. The molecule has 0 bridgehead atoms. The van der Waals surface area contributed by atoms with Gasteiger partial charge in [0.2, 0.25) is 0 Å². The highest BCUT2D eigenvalue weighted by Gasteiger charge is 2.21. The molecule has 4 heteroatoms. The summed E-state index contributed by atoms with van der Waals surface area (Å²) in [6.45, 7) is 9.16. The summed E-state index contributed by atoms with van der Waals surface area (Å²) >= 11 is 0. The van der Waals surface area contributed by atoms with Gasteiger partial charge in [0.1, 0.15) is 5.82 Å². The van der Waals surface area contributed by atoms with Crippen LogP contribution in [0, 0.1) is 5.82 Å². The SMILES string of the molecule is CCCNC(C)(CO)CCCN(CC)c1ccc(F)cc1. The van der Waals surface area contributed by atoms with E-state index in [9.17, 15) is 9.50 Å². The van der Waals surface area contributed by atoms with Crippen molar-refractivity contribution >= 4 is 5.69 Å². The van der Waals surface area contributed by atoms with E-state index < -0.39 is 0 Å². The maximum absolute atomic E-state index is 13.0. The van der Waals surface area contributed by atoms with Gasteiger partial charge in [0.05, 0.1) is 6.61 Å². The van der Waals surface area contributed by atoms with E-state index in [1.54, 1.807) is 0 Å². The second-order valence-electron chi connectivity index (χ2n) is 5.81. The molecule has 1 aromatic rings. The van der Waals surface area contributed by atoms with Gasteiger partial charge in [-0.3, -0.25) is 0 Å². The van der Waals surface area contributed by atoms with E-state index in [-0.39, 0.29) is 18.0 Å². The van der Waals surface area contributed by atoms with Crippen molar-refractivity contribution < 1.29 is 9.50 Å². The number of anilines is 1. The topological polar surface area (TPSA) is 35.5 Å². The van der Waals surface area contributed by atoms with Crippen molar-refractivity contribution in [3.05, 3.63) is 30.1 Å². The van der Waals surface area contributed by atoms with Crippen LogP contribution in [0.15, 0.2) is 24.3 Å². The van der Waals surface area contributed by atoms with Crippen LogP contribution in [0.3, 0.4) is 0 Å². The summed E-state index contributed by atoms with van der Waals surface area (Å²) < 4.78 is 13.0. The smallest absolute Gasteiger partial charge is 0.123 e. The molecule has 0 heterocycles. The number of aliphatic hydroxyl groups excluding tert-OH is 1. The van der Waals surface area contributed by atoms with E-state index in [1.807, 2.05) is 12.1 Å². The number of rotatable bonds is 10. The maximum atomic E-state index is 13.0. The average molecular weight is 296 g/mol. The van der Waals surface area contributed by atoms with Gasteiger partial charge in [-0.15, -0.1) is 0 Å². The lowest BCUT2D eigenvalue weighted by Crippen LogP contribution is -2.46. The predicted molar refractivity (Wildman–Crippen MR) is 87.3 cm³/mol. The number of benzene rings is 1. The van der Waals surface area contributed by atoms with Crippen LogP contribution < -0.4 is 10.2 Å². The van der Waals surface area contributed by atoms with Crippen LogP contribution in [-0.4, -0.2) is 36.9 Å². The van der Waals surface area contributed by atoms with Gasteiger partial charge in [-0.05, 0) is 63.9 Å². The molecule has 0 fully saturated rings. The molecule has 1 rings (SSSR count). The highest BCUT2D eigenvalue weighted by Crippen LogP contribution is 2.17. The van der Waals surface area contributed by atoms with Crippen molar-refractivity contribution in [3.63, 3.8) is 0 Å². The molecule has 0 saturated heterocycles. The van der Waals surface area contributed by atoms with Crippen molar-refractivity contribution in [2.75, 3.05) is 31.1 Å². The average Bonchev–Trinajstić information content (AvgIpc) is 2.51. The van der Waals surface area contributed by atoms with Gasteiger partial charge >= 0.3 is 0 Å². The van der Waals surface area contributed by atoms with Gasteiger partial charge in [-0.2, -0.15) is 0 Å². The summed E-state index contributed by atoms with van der Waals surface area (Å²) in [5.74, 6) is -0.202. The molecule has 2 N–H and O–H groups in total. The zero-order valence-electron chi connectivity index (χ0n) is 13.5. The molecule has 1 unspecified atom stereocenters. The third-order valence-corrected chi connectivity index (χ3v) is 3.88. The van der Waals surface area contributed by atoms with Crippen molar-refractivity contribution in [2.24, 2.45) is 0 Å². The number of nitrogens with zero attached hydrogens (tertiary/aromatic N) is 1. The lowest BCUT2D eigenvalue weighted by Gasteiger charge is -2.30. The molecule has 120 valence electrons. The molecular formula is C17H29FN2O. The minimum atomic E-state index is -0.210. The number of hydrogen-bond acceptors (Lipinski definition) is 3. The third-order valence-electron chi connectivity index (χ3n) is 3.88. The highest BCUT2D eigenvalue weighted by molar-refractivity contribution is 5.45. The van der Waals surface area contributed by atoms with Gasteiger partial charge < -0.3 is 15.3 Å². The molecule has 0 aliphatic carbocycles. The van der Waals surface area contributed by atoms with Gasteiger partial charge in [-0.1, -0.05) is 6.92 Å². The summed E-state index contributed by atoms with van der Waals surface area (Å²) in [4.78, 5) is 2.23. The number of halogens is 1. The molecule has 21 heavy (non-hydrogen) atoms. The molecule has 0 spiro atoms. The first kappa shape index (κ1) is 17.9. The zero-order chi connectivity index (χ0) is 15.7. The molecule has 0 amide bonds. The van der Waals surface area contributed by atoms with Gasteiger partial charge in [0.15, 0.2) is 0 Å². The summed E-state index contributed by atoms with van der Waals surface area (Å²) in [5, 5.41) is 13.0. The standard InChI is InChI=1S/C17H29FN2O/c1-4-12-19-17(3,14-21)11-6-13-20(5-2)16-9-7-15(18)8-10-16/h7-10,19,21H,4-6,11-14H2,1-3H3. The second kappa shape index (κ2) is 9.00. The quantitative estimate of drug-likeness (QED) is 0.696. The van der Waals surface area contributed by atoms with Crippen molar-refractivity contribution in [1.82, 2.24) is 5.32 Å². The number of aliphatic hydroxyl groups is 1. The number of hydrogen-bond donors (Lipinski definition) is 2. The first-order valence-electron chi connectivity index (χ1n) is 7.91. The summed E-state index contributed by atoms with van der Waals surface area (Å²) in [7, 11) is 0. The van der Waals surface area contributed by atoms with E-state index in [0.717, 1.165) is 44.6 Å². The lowest BCUT2D eigenvalue weighted by atomic mass is 9.96. The maximum Gasteiger partial charge on any atom is 0.123 e. The minimum absolute atomic E-state index is 0.148. The first-order chi connectivity index (χ1) is 10.0. The summed E-state index contributed by atoms with van der Waals surface area (Å²) in [6, 6.07) is 6.64. The Morgan fingerprint density at radius 3 is 2.43 bits per heavy atom. The van der Waals surface area contributed by atoms with Crippen molar-refractivity contribution in [1.29, 1.82) is 0 Å². The van der Waals surface area contributed by atoms with Gasteiger partial charge in [0.25, 0.3) is 0 Å². The molecule has 0 radical (unpaired) electrons. The largest absolute Gasteiger partial charge is 0.394 e. The lowest BCUT2D eigenvalue weighted by molar-refractivity contribution is 0.164. The molecule has 0 aliphatic rings. The van der Waals surface area contributed by atoms with E-state index in [0.29, 0.717) is 0 Å². The Kier molecular flexibility index (Phi) is 7.68. The van der Waals surface area contributed by atoms with E-state index in [1.165, 1.54) is 12.1 Å². The predicted octanol–water partition coefficient (Wildman–Crippen LogP) is 3.18. The Labute approximate surface area is 128 Å². The normalized spacial score (nSPS) is 14.0.